The number of aryl methyl sites for hydroxylation is 1. The molecule has 150 valence electrons. The maximum atomic E-state index is 12.4. The van der Waals surface area contributed by atoms with Crippen LogP contribution in [0, 0.1) is 6.92 Å². The molecule has 8 nitrogen and oxygen atoms in total. The van der Waals surface area contributed by atoms with Gasteiger partial charge in [-0.25, -0.2) is 4.98 Å². The lowest BCUT2D eigenvalue weighted by Gasteiger charge is -2.03. The molecule has 2 aromatic carbocycles. The van der Waals surface area contributed by atoms with E-state index in [-0.39, 0.29) is 12.7 Å². The Labute approximate surface area is 175 Å². The summed E-state index contributed by atoms with van der Waals surface area (Å²) in [5.41, 5.74) is 3.47. The predicted octanol–water partition coefficient (Wildman–Crippen LogP) is 3.83. The first kappa shape index (κ1) is 18.3. The van der Waals surface area contributed by atoms with Gasteiger partial charge in [0.05, 0.1) is 10.7 Å². The van der Waals surface area contributed by atoms with Gasteiger partial charge < -0.3 is 19.3 Å². The van der Waals surface area contributed by atoms with E-state index >= 15 is 0 Å². The summed E-state index contributed by atoms with van der Waals surface area (Å²) in [5.74, 6) is 1.16. The van der Waals surface area contributed by atoms with Crippen LogP contribution in [-0.4, -0.2) is 27.8 Å². The lowest BCUT2D eigenvalue weighted by atomic mass is 10.1. The highest BCUT2D eigenvalue weighted by Crippen LogP contribution is 2.32. The Kier molecular flexibility index (Phi) is 4.64. The topological polar surface area (TPSA) is 99.4 Å². The van der Waals surface area contributed by atoms with Crippen molar-refractivity contribution in [3.63, 3.8) is 0 Å². The summed E-state index contributed by atoms with van der Waals surface area (Å²) < 4.78 is 15.8. The molecule has 0 fully saturated rings. The number of thiazole rings is 1. The Morgan fingerprint density at radius 3 is 2.83 bits per heavy atom. The van der Waals surface area contributed by atoms with Gasteiger partial charge in [-0.1, -0.05) is 29.4 Å². The normalized spacial score (nSPS) is 12.2. The van der Waals surface area contributed by atoms with E-state index in [2.05, 4.69) is 20.4 Å². The fourth-order valence-electron chi connectivity index (χ4n) is 3.06. The highest BCUT2D eigenvalue weighted by molar-refractivity contribution is 7.09. The minimum Gasteiger partial charge on any atom is -0.454 e. The van der Waals surface area contributed by atoms with E-state index in [1.54, 1.807) is 11.3 Å². The summed E-state index contributed by atoms with van der Waals surface area (Å²) in [6, 6.07) is 13.2. The summed E-state index contributed by atoms with van der Waals surface area (Å²) in [6.45, 7) is 2.47. The van der Waals surface area contributed by atoms with Crippen LogP contribution in [0.5, 0.6) is 11.5 Å². The zero-order chi connectivity index (χ0) is 20.5. The summed E-state index contributed by atoms with van der Waals surface area (Å²) in [5, 5.41) is 9.72. The molecule has 2 aromatic heterocycles. The molecule has 3 heterocycles. The Bertz CT molecular complexity index is 1230. The molecule has 9 heteroatoms. The smallest absolute Gasteiger partial charge is 0.316 e. The second-order valence-corrected chi connectivity index (χ2v) is 7.69. The van der Waals surface area contributed by atoms with Crippen molar-refractivity contribution in [2.75, 3.05) is 6.79 Å². The number of fused-ring (bicyclic) bond motifs is 1. The number of ether oxygens (including phenoxy) is 2. The van der Waals surface area contributed by atoms with E-state index in [0.717, 1.165) is 27.4 Å². The Morgan fingerprint density at radius 2 is 1.97 bits per heavy atom. The first-order valence-electron chi connectivity index (χ1n) is 9.19. The molecule has 0 spiro atoms. The molecule has 0 saturated heterocycles. The van der Waals surface area contributed by atoms with E-state index < -0.39 is 5.91 Å². The molecule has 1 aliphatic heterocycles. The molecule has 0 aliphatic carbocycles. The Balaban J connectivity index is 1.29. The average molecular weight is 420 g/mol. The Morgan fingerprint density at radius 1 is 1.10 bits per heavy atom. The van der Waals surface area contributed by atoms with Crippen molar-refractivity contribution in [3.05, 3.63) is 64.3 Å². The highest BCUT2D eigenvalue weighted by atomic mass is 32.1. The van der Waals surface area contributed by atoms with Crippen LogP contribution >= 0.6 is 11.3 Å². The number of carbonyl (C=O) groups excluding carboxylic acids is 1. The highest BCUT2D eigenvalue weighted by Gasteiger charge is 2.18. The molecular weight excluding hydrogens is 404 g/mol. The molecule has 1 N–H and O–H groups in total. The molecule has 0 radical (unpaired) electrons. The average Bonchev–Trinajstić information content (AvgIpc) is 3.52. The molecule has 0 bridgehead atoms. The van der Waals surface area contributed by atoms with Gasteiger partial charge in [0.1, 0.15) is 0 Å². The summed E-state index contributed by atoms with van der Waals surface area (Å²) >= 11 is 1.59. The number of amides is 1. The molecule has 5 rings (SSSR count). The molecule has 30 heavy (non-hydrogen) atoms. The van der Waals surface area contributed by atoms with Gasteiger partial charge in [-0.3, -0.25) is 4.79 Å². The first-order chi connectivity index (χ1) is 14.7. The zero-order valence-corrected chi connectivity index (χ0v) is 16.7. The third-order valence-corrected chi connectivity index (χ3v) is 5.32. The van der Waals surface area contributed by atoms with Crippen LogP contribution in [0.2, 0.25) is 0 Å². The van der Waals surface area contributed by atoms with Crippen LogP contribution in [0.3, 0.4) is 0 Å². The van der Waals surface area contributed by atoms with Gasteiger partial charge in [0, 0.05) is 23.1 Å². The largest absolute Gasteiger partial charge is 0.454 e. The van der Waals surface area contributed by atoms with Crippen LogP contribution in [-0.2, 0) is 6.54 Å². The molecule has 0 unspecified atom stereocenters. The van der Waals surface area contributed by atoms with Crippen molar-refractivity contribution in [1.82, 2.24) is 20.4 Å². The van der Waals surface area contributed by atoms with Crippen molar-refractivity contribution >= 4 is 17.2 Å². The van der Waals surface area contributed by atoms with E-state index in [1.165, 1.54) is 0 Å². The third-order valence-electron chi connectivity index (χ3n) is 4.55. The van der Waals surface area contributed by atoms with Crippen molar-refractivity contribution in [2.24, 2.45) is 0 Å². The minimum absolute atomic E-state index is 0.0966. The maximum Gasteiger partial charge on any atom is 0.316 e. The monoisotopic (exact) mass is 420 g/mol. The lowest BCUT2D eigenvalue weighted by molar-refractivity contribution is 0.0907. The van der Waals surface area contributed by atoms with Crippen molar-refractivity contribution in [3.8, 4) is 34.1 Å². The number of hydrogen-bond acceptors (Lipinski definition) is 8. The number of aromatic nitrogens is 3. The number of rotatable bonds is 5. The molecule has 4 aromatic rings. The standard InChI is InChI=1S/C21H16N4O4S/c1-12-23-16(10-30-12)14-3-2-4-15(8-14)19-24-21(29-25-19)20(26)22-9-13-5-6-17-18(7-13)28-11-27-17/h2-8,10H,9,11H2,1H3,(H,22,26). The van der Waals surface area contributed by atoms with Gasteiger partial charge in [0.25, 0.3) is 0 Å². The third kappa shape index (κ3) is 3.62. The number of hydrogen-bond donors (Lipinski definition) is 1. The van der Waals surface area contributed by atoms with Crippen LogP contribution < -0.4 is 14.8 Å². The second kappa shape index (κ2) is 7.60. The number of carbonyl (C=O) groups is 1. The van der Waals surface area contributed by atoms with E-state index in [1.807, 2.05) is 54.8 Å². The van der Waals surface area contributed by atoms with Gasteiger partial charge in [-0.05, 0) is 30.7 Å². The fourth-order valence-corrected chi connectivity index (χ4v) is 3.68. The second-order valence-electron chi connectivity index (χ2n) is 6.63. The van der Waals surface area contributed by atoms with Crippen LogP contribution in [0.1, 0.15) is 21.3 Å². The maximum absolute atomic E-state index is 12.4. The van der Waals surface area contributed by atoms with Gasteiger partial charge in [-0.15, -0.1) is 11.3 Å². The summed E-state index contributed by atoms with van der Waals surface area (Å²) in [4.78, 5) is 21.2. The quantitative estimate of drug-likeness (QED) is 0.524. The number of nitrogens with one attached hydrogen (secondary N) is 1. The van der Waals surface area contributed by atoms with E-state index in [4.69, 9.17) is 14.0 Å². The first-order valence-corrected chi connectivity index (χ1v) is 10.1. The zero-order valence-electron chi connectivity index (χ0n) is 15.9. The van der Waals surface area contributed by atoms with Gasteiger partial charge in [0.15, 0.2) is 11.5 Å². The van der Waals surface area contributed by atoms with Crippen molar-refractivity contribution < 1.29 is 18.8 Å². The molecule has 1 amide bonds. The van der Waals surface area contributed by atoms with Crippen molar-refractivity contribution in [2.45, 2.75) is 13.5 Å². The minimum atomic E-state index is -0.447. The van der Waals surface area contributed by atoms with Crippen LogP contribution in [0.4, 0.5) is 0 Å². The van der Waals surface area contributed by atoms with Crippen LogP contribution in [0.25, 0.3) is 22.6 Å². The van der Waals surface area contributed by atoms with Gasteiger partial charge in [-0.2, -0.15) is 4.98 Å². The summed E-state index contributed by atoms with van der Waals surface area (Å²) in [7, 11) is 0. The summed E-state index contributed by atoms with van der Waals surface area (Å²) in [6.07, 6.45) is 0. The van der Waals surface area contributed by atoms with E-state index in [0.29, 0.717) is 23.9 Å². The molecule has 0 saturated carbocycles. The van der Waals surface area contributed by atoms with Gasteiger partial charge in [0.2, 0.25) is 12.6 Å². The SMILES string of the molecule is Cc1nc(-c2cccc(-c3noc(C(=O)NCc4ccc5c(c4)OCO5)n3)c2)cs1. The lowest BCUT2D eigenvalue weighted by Crippen LogP contribution is -2.23. The predicted molar refractivity (Wildman–Crippen MR) is 109 cm³/mol. The van der Waals surface area contributed by atoms with Crippen LogP contribution in [0.15, 0.2) is 52.4 Å². The number of benzene rings is 2. The molecule has 1 aliphatic rings. The molecular formula is C21H16N4O4S. The van der Waals surface area contributed by atoms with E-state index in [9.17, 15) is 4.79 Å². The van der Waals surface area contributed by atoms with Gasteiger partial charge >= 0.3 is 11.8 Å². The number of nitrogens with zero attached hydrogens (tertiary/aromatic N) is 3. The fraction of sp³-hybridized carbons (Fsp3) is 0.143. The van der Waals surface area contributed by atoms with Crippen molar-refractivity contribution in [1.29, 1.82) is 0 Å². The molecule has 0 atom stereocenters. The Hall–Kier alpha value is -3.72.